The number of pyridine rings is 1. The zero-order valence-electron chi connectivity index (χ0n) is 14.9. The number of halogens is 2. The highest BCUT2D eigenvalue weighted by atomic mass is 127. The minimum Gasteiger partial charge on any atom is -0.439 e. The fourth-order valence-electron chi connectivity index (χ4n) is 2.46. The fraction of sp³-hybridized carbons (Fsp3) is 0.368. The summed E-state index contributed by atoms with van der Waals surface area (Å²) in [6.07, 6.45) is 2.82. The number of aliphatic imine (C=N–C) groups is 1. The Morgan fingerprint density at radius 1 is 1.35 bits per heavy atom. The molecule has 2 atom stereocenters. The van der Waals surface area contributed by atoms with Crippen LogP contribution in [0.3, 0.4) is 0 Å². The molecular formula is C19H24FIN4O. The average Bonchev–Trinajstić information content (AvgIpc) is 3.29. The first-order valence-electron chi connectivity index (χ1n) is 8.58. The second-order valence-electron chi connectivity index (χ2n) is 6.19. The summed E-state index contributed by atoms with van der Waals surface area (Å²) in [5.74, 6) is 1.99. The molecule has 0 bridgehead atoms. The van der Waals surface area contributed by atoms with E-state index in [1.807, 2.05) is 19.1 Å². The van der Waals surface area contributed by atoms with Crippen molar-refractivity contribution in [1.82, 2.24) is 15.6 Å². The van der Waals surface area contributed by atoms with Crippen molar-refractivity contribution in [1.29, 1.82) is 0 Å². The third-order valence-corrected chi connectivity index (χ3v) is 4.04. The van der Waals surface area contributed by atoms with Crippen LogP contribution in [0, 0.1) is 11.7 Å². The number of rotatable bonds is 6. The first kappa shape index (κ1) is 20.4. The average molecular weight is 470 g/mol. The third kappa shape index (κ3) is 5.82. The maximum absolute atomic E-state index is 13.3. The van der Waals surface area contributed by atoms with Crippen LogP contribution in [0.25, 0.3) is 0 Å². The number of benzene rings is 1. The van der Waals surface area contributed by atoms with Gasteiger partial charge in [-0.2, -0.15) is 0 Å². The van der Waals surface area contributed by atoms with Crippen LogP contribution in [-0.2, 0) is 6.54 Å². The summed E-state index contributed by atoms with van der Waals surface area (Å²) in [6, 6.07) is 10.3. The van der Waals surface area contributed by atoms with E-state index in [2.05, 4.69) is 27.5 Å². The van der Waals surface area contributed by atoms with Gasteiger partial charge in [-0.05, 0) is 37.5 Å². The lowest BCUT2D eigenvalue weighted by Gasteiger charge is -2.12. The Kier molecular flexibility index (Phi) is 7.62. The largest absolute Gasteiger partial charge is 0.439 e. The summed E-state index contributed by atoms with van der Waals surface area (Å²) in [5.41, 5.74) is 0.841. The first-order valence-corrected chi connectivity index (χ1v) is 8.58. The first-order chi connectivity index (χ1) is 12.2. The van der Waals surface area contributed by atoms with Gasteiger partial charge in [0.1, 0.15) is 11.6 Å². The van der Waals surface area contributed by atoms with Gasteiger partial charge in [0.05, 0.1) is 6.54 Å². The molecule has 1 aliphatic carbocycles. The zero-order chi connectivity index (χ0) is 17.6. The van der Waals surface area contributed by atoms with E-state index in [-0.39, 0.29) is 29.8 Å². The van der Waals surface area contributed by atoms with Crippen molar-refractivity contribution in [3.8, 4) is 11.6 Å². The van der Waals surface area contributed by atoms with E-state index in [0.717, 1.165) is 18.1 Å². The predicted molar refractivity (Wildman–Crippen MR) is 112 cm³/mol. The van der Waals surface area contributed by atoms with Crippen molar-refractivity contribution in [2.24, 2.45) is 10.9 Å². The number of nitrogens with one attached hydrogen (secondary N) is 2. The lowest BCUT2D eigenvalue weighted by atomic mass is 10.2. The number of nitrogens with zero attached hydrogens (tertiary/aromatic N) is 2. The van der Waals surface area contributed by atoms with Crippen molar-refractivity contribution >= 4 is 29.9 Å². The molecule has 7 heteroatoms. The van der Waals surface area contributed by atoms with Crippen molar-refractivity contribution in [3.63, 3.8) is 0 Å². The van der Waals surface area contributed by atoms with Crippen LogP contribution in [0.5, 0.6) is 11.6 Å². The van der Waals surface area contributed by atoms with Crippen LogP contribution in [0.2, 0.25) is 0 Å². The molecular weight excluding hydrogens is 446 g/mol. The van der Waals surface area contributed by atoms with Crippen LogP contribution in [0.4, 0.5) is 4.39 Å². The molecule has 1 fully saturated rings. The van der Waals surface area contributed by atoms with Gasteiger partial charge in [0.15, 0.2) is 5.96 Å². The molecule has 0 spiro atoms. The molecule has 0 amide bonds. The van der Waals surface area contributed by atoms with Crippen LogP contribution in [-0.4, -0.2) is 23.5 Å². The Morgan fingerprint density at radius 2 is 2.15 bits per heavy atom. The highest BCUT2D eigenvalue weighted by Crippen LogP contribution is 2.29. The molecule has 2 aromatic rings. The third-order valence-electron chi connectivity index (χ3n) is 4.04. The number of ether oxygens (including phenoxy) is 1. The number of hydrogen-bond donors (Lipinski definition) is 2. The lowest BCUT2D eigenvalue weighted by Crippen LogP contribution is -2.39. The quantitative estimate of drug-likeness (QED) is 0.380. The van der Waals surface area contributed by atoms with E-state index in [0.29, 0.717) is 30.1 Å². The molecule has 26 heavy (non-hydrogen) atoms. The van der Waals surface area contributed by atoms with E-state index in [1.165, 1.54) is 18.6 Å². The Morgan fingerprint density at radius 3 is 2.85 bits per heavy atom. The van der Waals surface area contributed by atoms with Crippen LogP contribution >= 0.6 is 24.0 Å². The fourth-order valence-corrected chi connectivity index (χ4v) is 2.46. The lowest BCUT2D eigenvalue weighted by molar-refractivity contribution is 0.452. The van der Waals surface area contributed by atoms with Gasteiger partial charge in [0, 0.05) is 30.4 Å². The van der Waals surface area contributed by atoms with E-state index in [9.17, 15) is 4.39 Å². The minimum absolute atomic E-state index is 0. The Labute approximate surface area is 170 Å². The van der Waals surface area contributed by atoms with Gasteiger partial charge in [-0.25, -0.2) is 14.4 Å². The molecule has 5 nitrogen and oxygen atoms in total. The summed E-state index contributed by atoms with van der Waals surface area (Å²) in [4.78, 5) is 8.88. The van der Waals surface area contributed by atoms with Crippen molar-refractivity contribution in [2.75, 3.05) is 6.54 Å². The Hall–Kier alpha value is -1.90. The van der Waals surface area contributed by atoms with E-state index < -0.39 is 0 Å². The van der Waals surface area contributed by atoms with Gasteiger partial charge in [0.2, 0.25) is 5.88 Å². The van der Waals surface area contributed by atoms with Crippen LogP contribution in [0.15, 0.2) is 47.6 Å². The molecule has 2 unspecified atom stereocenters. The summed E-state index contributed by atoms with van der Waals surface area (Å²) in [5, 5.41) is 6.67. The van der Waals surface area contributed by atoms with Gasteiger partial charge >= 0.3 is 0 Å². The topological polar surface area (TPSA) is 58.5 Å². The summed E-state index contributed by atoms with van der Waals surface area (Å²) in [7, 11) is 0. The number of aromatic nitrogens is 1. The van der Waals surface area contributed by atoms with Gasteiger partial charge < -0.3 is 15.4 Å². The maximum atomic E-state index is 13.3. The van der Waals surface area contributed by atoms with Gasteiger partial charge in [-0.1, -0.05) is 19.1 Å². The standard InChI is InChI=1S/C19H23FN4O.HI/c1-3-21-19(24-17-10-13(17)2)23-12-14-6-5-9-22-18(14)25-16-8-4-7-15(20)11-16;/h4-9,11,13,17H,3,10,12H2,1-2H3,(H2,21,23,24);1H. The molecule has 0 radical (unpaired) electrons. The molecule has 1 saturated carbocycles. The molecule has 2 N–H and O–H groups in total. The molecule has 0 aliphatic heterocycles. The highest BCUT2D eigenvalue weighted by molar-refractivity contribution is 14.0. The van der Waals surface area contributed by atoms with Gasteiger partial charge in [-0.3, -0.25) is 0 Å². The van der Waals surface area contributed by atoms with Crippen LogP contribution in [0.1, 0.15) is 25.8 Å². The molecule has 0 saturated heterocycles. The van der Waals surface area contributed by atoms with E-state index in [4.69, 9.17) is 4.74 Å². The van der Waals surface area contributed by atoms with E-state index in [1.54, 1.807) is 18.3 Å². The number of hydrogen-bond acceptors (Lipinski definition) is 3. The molecule has 1 aliphatic rings. The molecule has 3 rings (SSSR count). The normalized spacial score (nSPS) is 18.7. The highest BCUT2D eigenvalue weighted by Gasteiger charge is 2.33. The molecule has 1 aromatic carbocycles. The van der Waals surface area contributed by atoms with Crippen molar-refractivity contribution in [3.05, 3.63) is 54.0 Å². The summed E-state index contributed by atoms with van der Waals surface area (Å²) >= 11 is 0. The Bertz CT molecular complexity index is 756. The molecule has 1 aromatic heterocycles. The van der Waals surface area contributed by atoms with E-state index >= 15 is 0 Å². The zero-order valence-corrected chi connectivity index (χ0v) is 17.2. The van der Waals surface area contributed by atoms with Crippen molar-refractivity contribution < 1.29 is 9.13 Å². The smallest absolute Gasteiger partial charge is 0.224 e. The van der Waals surface area contributed by atoms with Gasteiger partial charge in [-0.15, -0.1) is 24.0 Å². The SMILES string of the molecule is CCNC(=NCc1cccnc1Oc1cccc(F)c1)NC1CC1C.I. The maximum Gasteiger partial charge on any atom is 0.224 e. The Balaban J connectivity index is 0.00000243. The summed E-state index contributed by atoms with van der Waals surface area (Å²) in [6.45, 7) is 5.48. The predicted octanol–water partition coefficient (Wildman–Crippen LogP) is 4.09. The molecule has 140 valence electrons. The monoisotopic (exact) mass is 470 g/mol. The van der Waals surface area contributed by atoms with Crippen molar-refractivity contribution in [2.45, 2.75) is 32.9 Å². The second-order valence-corrected chi connectivity index (χ2v) is 6.19. The van der Waals surface area contributed by atoms with Gasteiger partial charge in [0.25, 0.3) is 0 Å². The second kappa shape index (κ2) is 9.70. The summed E-state index contributed by atoms with van der Waals surface area (Å²) < 4.78 is 19.1. The molecule has 1 heterocycles. The number of guanidine groups is 1. The van der Waals surface area contributed by atoms with Crippen LogP contribution < -0.4 is 15.4 Å². The minimum atomic E-state index is -0.342.